The first-order valence-electron chi connectivity index (χ1n) is 4.04. The summed E-state index contributed by atoms with van der Waals surface area (Å²) in [6, 6.07) is 0. The number of hydrogen-bond acceptors (Lipinski definition) is 5. The molecule has 14 heavy (non-hydrogen) atoms. The van der Waals surface area contributed by atoms with Crippen molar-refractivity contribution in [2.45, 2.75) is 6.42 Å². The normalized spacial score (nSPS) is 10.4. The molecule has 0 aliphatic carbocycles. The second-order valence-electron chi connectivity index (χ2n) is 2.86. The fraction of sp³-hybridized carbons (Fsp3) is 0.250. The van der Waals surface area contributed by atoms with Crippen LogP contribution in [0.15, 0.2) is 17.8 Å². The molecular formula is C8H8N4OS. The smallest absolute Gasteiger partial charge is 0.204 e. The molecule has 0 aliphatic rings. The van der Waals surface area contributed by atoms with E-state index in [-0.39, 0.29) is 12.2 Å². The van der Waals surface area contributed by atoms with Crippen LogP contribution in [0.1, 0.15) is 16.3 Å². The van der Waals surface area contributed by atoms with Gasteiger partial charge >= 0.3 is 0 Å². The Balaban J connectivity index is 2.14. The Labute approximate surface area is 84.6 Å². The highest BCUT2D eigenvalue weighted by Gasteiger charge is 2.12. The molecule has 2 aromatic heterocycles. The van der Waals surface area contributed by atoms with Gasteiger partial charge in [-0.1, -0.05) is 4.49 Å². The second-order valence-corrected chi connectivity index (χ2v) is 3.47. The van der Waals surface area contributed by atoms with Crippen LogP contribution in [0.25, 0.3) is 0 Å². The molecule has 0 saturated carbocycles. The monoisotopic (exact) mass is 208 g/mol. The Kier molecular flexibility index (Phi) is 2.36. The van der Waals surface area contributed by atoms with Crippen molar-refractivity contribution in [3.8, 4) is 0 Å². The van der Waals surface area contributed by atoms with Crippen molar-refractivity contribution in [3.05, 3.63) is 29.3 Å². The number of imidazole rings is 1. The molecule has 0 spiro atoms. The lowest BCUT2D eigenvalue weighted by molar-refractivity contribution is 0.0979. The lowest BCUT2D eigenvalue weighted by Crippen LogP contribution is -2.10. The van der Waals surface area contributed by atoms with Gasteiger partial charge in [0.25, 0.3) is 0 Å². The summed E-state index contributed by atoms with van der Waals surface area (Å²) in [4.78, 5) is 15.6. The predicted molar refractivity (Wildman–Crippen MR) is 51.2 cm³/mol. The van der Waals surface area contributed by atoms with Crippen LogP contribution in [0.4, 0.5) is 0 Å². The Morgan fingerprint density at radius 3 is 3.07 bits per heavy atom. The van der Waals surface area contributed by atoms with Crippen molar-refractivity contribution in [1.82, 2.24) is 19.1 Å². The van der Waals surface area contributed by atoms with Gasteiger partial charge in [-0.15, -0.1) is 5.10 Å². The number of ketones is 1. The summed E-state index contributed by atoms with van der Waals surface area (Å²) in [5, 5.41) is 5.57. The number of carbonyl (C=O) groups is 1. The van der Waals surface area contributed by atoms with Gasteiger partial charge in [0.05, 0.1) is 12.1 Å². The molecule has 2 aromatic rings. The van der Waals surface area contributed by atoms with Gasteiger partial charge in [0.15, 0.2) is 5.82 Å². The third-order valence-corrected chi connectivity index (χ3v) is 2.37. The average molecular weight is 208 g/mol. The summed E-state index contributed by atoms with van der Waals surface area (Å²) >= 11 is 1.24. The molecule has 2 heterocycles. The minimum atomic E-state index is -0.0369. The van der Waals surface area contributed by atoms with Gasteiger partial charge in [0.2, 0.25) is 5.78 Å². The van der Waals surface area contributed by atoms with Crippen LogP contribution >= 0.6 is 11.5 Å². The molecule has 0 bridgehead atoms. The number of Topliss-reactive ketones (excluding diaryl/α,β-unsaturated/α-hetero) is 1. The van der Waals surface area contributed by atoms with Crippen molar-refractivity contribution in [2.24, 2.45) is 7.05 Å². The predicted octanol–water partition coefficient (Wildman–Crippen LogP) is 0.697. The summed E-state index contributed by atoms with van der Waals surface area (Å²) in [6.07, 6.45) is 3.61. The van der Waals surface area contributed by atoms with Crippen LogP contribution in [-0.4, -0.2) is 24.9 Å². The number of hydrogen-bond donors (Lipinski definition) is 0. The van der Waals surface area contributed by atoms with E-state index in [0.717, 1.165) is 0 Å². The first kappa shape index (κ1) is 9.01. The SMILES string of the molecule is Cn1ccnc1C(=O)Cc1csnn1. The molecule has 0 saturated heterocycles. The van der Waals surface area contributed by atoms with Gasteiger partial charge in [-0.2, -0.15) is 0 Å². The zero-order chi connectivity index (χ0) is 9.97. The number of aryl methyl sites for hydroxylation is 1. The highest BCUT2D eigenvalue weighted by atomic mass is 32.1. The maximum atomic E-state index is 11.6. The zero-order valence-corrected chi connectivity index (χ0v) is 8.36. The van der Waals surface area contributed by atoms with Gasteiger partial charge in [0.1, 0.15) is 0 Å². The molecule has 0 radical (unpaired) electrons. The van der Waals surface area contributed by atoms with E-state index in [4.69, 9.17) is 0 Å². The van der Waals surface area contributed by atoms with Crippen LogP contribution in [-0.2, 0) is 13.5 Å². The Morgan fingerprint density at radius 2 is 2.50 bits per heavy atom. The highest BCUT2D eigenvalue weighted by Crippen LogP contribution is 2.04. The van der Waals surface area contributed by atoms with Crippen molar-refractivity contribution < 1.29 is 4.79 Å². The summed E-state index contributed by atoms with van der Waals surface area (Å²) in [5.74, 6) is 0.420. The number of rotatable bonds is 3. The van der Waals surface area contributed by atoms with E-state index in [9.17, 15) is 4.79 Å². The van der Waals surface area contributed by atoms with Crippen LogP contribution in [0.5, 0.6) is 0 Å². The van der Waals surface area contributed by atoms with Gasteiger partial charge in [-0.05, 0) is 11.5 Å². The van der Waals surface area contributed by atoms with Crippen LogP contribution in [0, 0.1) is 0 Å². The summed E-state index contributed by atoms with van der Waals surface area (Å²) in [6.45, 7) is 0. The van der Waals surface area contributed by atoms with Gasteiger partial charge in [-0.3, -0.25) is 4.79 Å². The van der Waals surface area contributed by atoms with Gasteiger partial charge in [0, 0.05) is 24.8 Å². The second kappa shape index (κ2) is 3.67. The molecule has 72 valence electrons. The topological polar surface area (TPSA) is 60.7 Å². The molecule has 0 amide bonds. The molecule has 2 rings (SSSR count). The minimum absolute atomic E-state index is 0.0369. The maximum absolute atomic E-state index is 11.6. The largest absolute Gasteiger partial charge is 0.332 e. The Morgan fingerprint density at radius 1 is 1.64 bits per heavy atom. The minimum Gasteiger partial charge on any atom is -0.332 e. The third kappa shape index (κ3) is 1.69. The molecule has 6 heteroatoms. The molecule has 0 fully saturated rings. The fourth-order valence-corrected chi connectivity index (χ4v) is 1.59. The summed E-state index contributed by atoms with van der Waals surface area (Å²) < 4.78 is 5.39. The van der Waals surface area contributed by atoms with Crippen molar-refractivity contribution in [3.63, 3.8) is 0 Å². The molecule has 0 atom stereocenters. The summed E-state index contributed by atoms with van der Waals surface area (Å²) in [5.41, 5.74) is 0.697. The third-order valence-electron chi connectivity index (χ3n) is 1.82. The van der Waals surface area contributed by atoms with E-state index in [2.05, 4.69) is 14.6 Å². The molecule has 0 N–H and O–H groups in total. The number of carbonyl (C=O) groups excluding carboxylic acids is 1. The quantitative estimate of drug-likeness (QED) is 0.696. The zero-order valence-electron chi connectivity index (χ0n) is 7.54. The fourth-order valence-electron chi connectivity index (χ4n) is 1.14. The van der Waals surface area contributed by atoms with E-state index < -0.39 is 0 Å². The number of nitrogens with zero attached hydrogens (tertiary/aromatic N) is 4. The van der Waals surface area contributed by atoms with Gasteiger partial charge < -0.3 is 4.57 Å². The van der Waals surface area contributed by atoms with E-state index in [0.29, 0.717) is 11.5 Å². The Bertz CT molecular complexity index is 434. The van der Waals surface area contributed by atoms with Crippen molar-refractivity contribution >= 4 is 17.3 Å². The first-order valence-corrected chi connectivity index (χ1v) is 4.87. The Hall–Kier alpha value is -1.56. The van der Waals surface area contributed by atoms with Crippen LogP contribution in [0.2, 0.25) is 0 Å². The average Bonchev–Trinajstić information content (AvgIpc) is 2.75. The van der Waals surface area contributed by atoms with E-state index in [1.54, 1.807) is 29.4 Å². The van der Waals surface area contributed by atoms with E-state index in [1.165, 1.54) is 11.5 Å². The van der Waals surface area contributed by atoms with Gasteiger partial charge in [-0.25, -0.2) is 4.98 Å². The molecule has 5 nitrogen and oxygen atoms in total. The van der Waals surface area contributed by atoms with Crippen molar-refractivity contribution in [1.29, 1.82) is 0 Å². The first-order chi connectivity index (χ1) is 6.77. The number of aromatic nitrogens is 4. The van der Waals surface area contributed by atoms with Crippen molar-refractivity contribution in [2.75, 3.05) is 0 Å². The lowest BCUT2D eigenvalue weighted by Gasteiger charge is -1.97. The lowest BCUT2D eigenvalue weighted by atomic mass is 10.2. The molecule has 0 aliphatic heterocycles. The van der Waals surface area contributed by atoms with E-state index >= 15 is 0 Å². The maximum Gasteiger partial charge on any atom is 0.204 e. The standard InChI is InChI=1S/C8H8N4OS/c1-12-3-2-9-8(12)7(13)4-6-5-14-11-10-6/h2-3,5H,4H2,1H3. The highest BCUT2D eigenvalue weighted by molar-refractivity contribution is 7.03. The van der Waals surface area contributed by atoms with Crippen LogP contribution < -0.4 is 0 Å². The molecular weight excluding hydrogens is 200 g/mol. The molecule has 0 aromatic carbocycles. The van der Waals surface area contributed by atoms with E-state index in [1.807, 2.05) is 0 Å². The summed E-state index contributed by atoms with van der Waals surface area (Å²) in [7, 11) is 1.79. The van der Waals surface area contributed by atoms with Crippen LogP contribution in [0.3, 0.4) is 0 Å². The molecule has 0 unspecified atom stereocenters.